The fraction of sp³-hybridized carbons (Fsp3) is 0.143. The lowest BCUT2D eigenvalue weighted by atomic mass is 10.1. The zero-order valence-electron chi connectivity index (χ0n) is 15.4. The average molecular weight is 416 g/mol. The lowest BCUT2D eigenvalue weighted by Gasteiger charge is -2.18. The van der Waals surface area contributed by atoms with Gasteiger partial charge in [0, 0.05) is 11.1 Å². The largest absolute Gasteiger partial charge is 0.486 e. The van der Waals surface area contributed by atoms with Crippen molar-refractivity contribution in [3.05, 3.63) is 71.5 Å². The number of hydrogen-bond donors (Lipinski definition) is 1. The Morgan fingerprint density at radius 3 is 2.60 bits per heavy atom. The van der Waals surface area contributed by atoms with E-state index in [2.05, 4.69) is 10.5 Å². The molecule has 2 aromatic carbocycles. The van der Waals surface area contributed by atoms with E-state index in [0.717, 1.165) is 12.1 Å². The Kier molecular flexibility index (Phi) is 5.18. The molecular weight excluding hydrogens is 401 g/mol. The molecule has 0 bridgehead atoms. The number of rotatable bonds is 4. The van der Waals surface area contributed by atoms with Crippen LogP contribution < -0.4 is 14.9 Å². The number of halogens is 3. The maximum absolute atomic E-state index is 12.9. The highest BCUT2D eigenvalue weighted by molar-refractivity contribution is 5.95. The Morgan fingerprint density at radius 2 is 1.80 bits per heavy atom. The summed E-state index contributed by atoms with van der Waals surface area (Å²) in [7, 11) is 0. The fourth-order valence-electron chi connectivity index (χ4n) is 2.83. The third-order valence-corrected chi connectivity index (χ3v) is 4.26. The molecule has 154 valence electrons. The van der Waals surface area contributed by atoms with E-state index in [1.165, 1.54) is 30.5 Å². The predicted octanol–water partition coefficient (Wildman–Crippen LogP) is 4.50. The van der Waals surface area contributed by atoms with Crippen molar-refractivity contribution in [2.24, 2.45) is 5.10 Å². The number of carbonyl (C=O) groups is 1. The van der Waals surface area contributed by atoms with Gasteiger partial charge in [-0.15, -0.1) is 0 Å². The topological polar surface area (TPSA) is 73.1 Å². The number of nitrogens with one attached hydrogen (secondary N) is 1. The SMILES string of the molecule is O=C(NN=Cc1ccc(-c2cccc(C(F)(F)F)c2)o1)c1ccc2c(c1)OCCO2. The number of hydrogen-bond acceptors (Lipinski definition) is 5. The maximum Gasteiger partial charge on any atom is 0.416 e. The predicted molar refractivity (Wildman–Crippen MR) is 102 cm³/mol. The molecule has 3 aromatic rings. The van der Waals surface area contributed by atoms with Crippen LogP contribution in [-0.2, 0) is 6.18 Å². The summed E-state index contributed by atoms with van der Waals surface area (Å²) in [5, 5.41) is 3.82. The monoisotopic (exact) mass is 416 g/mol. The van der Waals surface area contributed by atoms with Gasteiger partial charge >= 0.3 is 6.18 Å². The summed E-state index contributed by atoms with van der Waals surface area (Å²) in [6, 6.07) is 12.6. The Morgan fingerprint density at radius 1 is 1.00 bits per heavy atom. The normalized spacial score (nSPS) is 13.4. The van der Waals surface area contributed by atoms with E-state index in [9.17, 15) is 18.0 Å². The van der Waals surface area contributed by atoms with Gasteiger partial charge in [-0.1, -0.05) is 12.1 Å². The first-order valence-corrected chi connectivity index (χ1v) is 8.91. The minimum Gasteiger partial charge on any atom is -0.486 e. The number of carbonyl (C=O) groups excluding carboxylic acids is 1. The molecule has 0 saturated heterocycles. The van der Waals surface area contributed by atoms with Crippen LogP contribution in [0.15, 0.2) is 64.1 Å². The van der Waals surface area contributed by atoms with E-state index >= 15 is 0 Å². The van der Waals surface area contributed by atoms with Crippen LogP contribution >= 0.6 is 0 Å². The molecular formula is C21H15F3N2O4. The molecule has 30 heavy (non-hydrogen) atoms. The first kappa shape index (κ1) is 19.6. The Labute approximate surface area is 168 Å². The minimum absolute atomic E-state index is 0.251. The van der Waals surface area contributed by atoms with E-state index in [1.807, 2.05) is 0 Å². The zero-order valence-corrected chi connectivity index (χ0v) is 15.4. The molecule has 2 heterocycles. The molecule has 4 rings (SSSR count). The molecule has 0 atom stereocenters. The summed E-state index contributed by atoms with van der Waals surface area (Å²) in [5.74, 6) is 1.10. The van der Waals surface area contributed by atoms with Crippen molar-refractivity contribution < 1.29 is 31.9 Å². The second kappa shape index (κ2) is 7.94. The molecule has 0 fully saturated rings. The minimum atomic E-state index is -4.44. The number of alkyl halides is 3. The number of ether oxygens (including phenoxy) is 2. The van der Waals surface area contributed by atoms with Crippen LogP contribution in [0, 0.1) is 0 Å². The molecule has 0 radical (unpaired) electrons. The first-order chi connectivity index (χ1) is 14.4. The lowest BCUT2D eigenvalue weighted by Crippen LogP contribution is -2.19. The quantitative estimate of drug-likeness (QED) is 0.502. The van der Waals surface area contributed by atoms with Gasteiger partial charge in [0.25, 0.3) is 5.91 Å². The number of hydrazone groups is 1. The highest BCUT2D eigenvalue weighted by Gasteiger charge is 2.30. The summed E-state index contributed by atoms with van der Waals surface area (Å²) in [6.45, 7) is 0.859. The molecule has 1 amide bonds. The molecule has 1 aliphatic rings. The van der Waals surface area contributed by atoms with E-state index in [4.69, 9.17) is 13.9 Å². The second-order valence-electron chi connectivity index (χ2n) is 6.34. The Bertz CT molecular complexity index is 1110. The highest BCUT2D eigenvalue weighted by atomic mass is 19.4. The van der Waals surface area contributed by atoms with Gasteiger partial charge in [0.2, 0.25) is 0 Å². The van der Waals surface area contributed by atoms with Gasteiger partial charge in [-0.05, 0) is 42.5 Å². The molecule has 1 aliphatic heterocycles. The van der Waals surface area contributed by atoms with Crippen LogP contribution in [0.4, 0.5) is 13.2 Å². The first-order valence-electron chi connectivity index (χ1n) is 8.91. The van der Waals surface area contributed by atoms with Gasteiger partial charge in [-0.2, -0.15) is 18.3 Å². The van der Waals surface area contributed by atoms with Crippen LogP contribution in [0.5, 0.6) is 11.5 Å². The number of furan rings is 1. The van der Waals surface area contributed by atoms with E-state index in [-0.39, 0.29) is 17.1 Å². The smallest absolute Gasteiger partial charge is 0.416 e. The Balaban J connectivity index is 1.42. The molecule has 9 heteroatoms. The van der Waals surface area contributed by atoms with Crippen molar-refractivity contribution in [1.82, 2.24) is 5.43 Å². The maximum atomic E-state index is 12.9. The average Bonchev–Trinajstić information content (AvgIpc) is 3.22. The van der Waals surface area contributed by atoms with Gasteiger partial charge in [0.1, 0.15) is 24.7 Å². The van der Waals surface area contributed by atoms with Crippen LogP contribution in [0.1, 0.15) is 21.7 Å². The third kappa shape index (κ3) is 4.29. The van der Waals surface area contributed by atoms with Gasteiger partial charge in [0.05, 0.1) is 11.8 Å². The van der Waals surface area contributed by atoms with Crippen LogP contribution in [0.2, 0.25) is 0 Å². The van der Waals surface area contributed by atoms with Gasteiger partial charge in [-0.3, -0.25) is 4.79 Å². The van der Waals surface area contributed by atoms with Crippen molar-refractivity contribution >= 4 is 12.1 Å². The molecule has 6 nitrogen and oxygen atoms in total. The molecule has 1 aromatic heterocycles. The van der Waals surface area contributed by atoms with Crippen molar-refractivity contribution in [3.8, 4) is 22.8 Å². The van der Waals surface area contributed by atoms with Crippen molar-refractivity contribution in [1.29, 1.82) is 0 Å². The molecule has 0 unspecified atom stereocenters. The Hall–Kier alpha value is -3.75. The molecule has 0 spiro atoms. The number of fused-ring (bicyclic) bond motifs is 1. The summed E-state index contributed by atoms with van der Waals surface area (Å²) in [5.41, 5.74) is 2.21. The van der Waals surface area contributed by atoms with E-state index < -0.39 is 17.6 Å². The summed E-state index contributed by atoms with van der Waals surface area (Å²) < 4.78 is 54.9. The standard InChI is InChI=1S/C21H15F3N2O4/c22-21(23,24)15-3-1-2-13(10-15)17-7-5-16(30-17)12-25-26-20(27)14-4-6-18-19(11-14)29-9-8-28-18/h1-7,10-12H,8-9H2,(H,26,27). The summed E-state index contributed by atoms with van der Waals surface area (Å²) in [6.07, 6.45) is -3.18. The third-order valence-electron chi connectivity index (χ3n) is 4.26. The number of nitrogens with zero attached hydrogens (tertiary/aromatic N) is 1. The zero-order chi connectivity index (χ0) is 21.1. The van der Waals surface area contributed by atoms with E-state index in [1.54, 1.807) is 18.2 Å². The lowest BCUT2D eigenvalue weighted by molar-refractivity contribution is -0.137. The van der Waals surface area contributed by atoms with Crippen molar-refractivity contribution in [2.45, 2.75) is 6.18 Å². The van der Waals surface area contributed by atoms with Crippen LogP contribution in [0.25, 0.3) is 11.3 Å². The number of amides is 1. The second-order valence-corrected chi connectivity index (χ2v) is 6.34. The van der Waals surface area contributed by atoms with Gasteiger partial charge in [0.15, 0.2) is 11.5 Å². The highest BCUT2D eigenvalue weighted by Crippen LogP contribution is 2.33. The van der Waals surface area contributed by atoms with Crippen molar-refractivity contribution in [3.63, 3.8) is 0 Å². The van der Waals surface area contributed by atoms with E-state index in [0.29, 0.717) is 30.3 Å². The molecule has 0 saturated carbocycles. The van der Waals surface area contributed by atoms with Crippen LogP contribution in [-0.4, -0.2) is 25.3 Å². The van der Waals surface area contributed by atoms with Gasteiger partial charge < -0.3 is 13.9 Å². The van der Waals surface area contributed by atoms with Gasteiger partial charge in [-0.25, -0.2) is 5.43 Å². The summed E-state index contributed by atoms with van der Waals surface area (Å²) in [4.78, 5) is 12.2. The fourth-order valence-corrected chi connectivity index (χ4v) is 2.83. The van der Waals surface area contributed by atoms with Crippen LogP contribution in [0.3, 0.4) is 0 Å². The van der Waals surface area contributed by atoms with Crippen molar-refractivity contribution in [2.75, 3.05) is 13.2 Å². The molecule has 1 N–H and O–H groups in total. The number of benzene rings is 2. The summed E-state index contributed by atoms with van der Waals surface area (Å²) >= 11 is 0. The molecule has 0 aliphatic carbocycles.